The van der Waals surface area contributed by atoms with Gasteiger partial charge in [0.2, 0.25) is 6.41 Å². The van der Waals surface area contributed by atoms with Gasteiger partial charge in [0.15, 0.2) is 0 Å². The Morgan fingerprint density at radius 1 is 1.08 bits per heavy atom. The zero-order valence-corrected chi connectivity index (χ0v) is 14.5. The summed E-state index contributed by atoms with van der Waals surface area (Å²) in [6.07, 6.45) is 5.45. The van der Waals surface area contributed by atoms with Crippen molar-refractivity contribution in [2.45, 2.75) is 31.2 Å². The quantitative estimate of drug-likeness (QED) is 0.576. The van der Waals surface area contributed by atoms with Crippen LogP contribution in [0, 0.1) is 0 Å². The Hall–Kier alpha value is -1.89. The standard InChI is InChI=1S/C17H26N4O3/c1-19(2)17(5-3-4-6-17)11-18-13-14(16(24)15(13)23)21-9-7-20(12-22)8-10-21/h12,18H,3-11H2,1-2H3. The fourth-order valence-corrected chi connectivity index (χ4v) is 3.96. The van der Waals surface area contributed by atoms with Crippen molar-refractivity contribution in [1.82, 2.24) is 9.80 Å². The number of nitrogens with zero attached hydrogens (tertiary/aromatic N) is 3. The third-order valence-electron chi connectivity index (χ3n) is 5.74. The lowest BCUT2D eigenvalue weighted by atomic mass is 9.95. The van der Waals surface area contributed by atoms with Crippen LogP contribution in [-0.2, 0) is 4.79 Å². The van der Waals surface area contributed by atoms with Gasteiger partial charge in [0.1, 0.15) is 11.4 Å². The molecule has 1 saturated carbocycles. The van der Waals surface area contributed by atoms with Crippen molar-refractivity contribution in [3.05, 3.63) is 20.4 Å². The molecule has 1 aliphatic heterocycles. The summed E-state index contributed by atoms with van der Waals surface area (Å²) in [5, 5.41) is 3.28. The van der Waals surface area contributed by atoms with Crippen LogP contribution in [0.4, 0.5) is 11.4 Å². The smallest absolute Gasteiger partial charge is 0.253 e. The molecule has 3 rings (SSSR count). The van der Waals surface area contributed by atoms with E-state index in [2.05, 4.69) is 24.3 Å². The van der Waals surface area contributed by atoms with Crippen molar-refractivity contribution < 1.29 is 4.79 Å². The maximum Gasteiger partial charge on any atom is 0.253 e. The molecule has 7 heteroatoms. The van der Waals surface area contributed by atoms with Gasteiger partial charge in [0, 0.05) is 38.3 Å². The Bertz CT molecular complexity index is 664. The molecule has 2 aliphatic rings. The minimum absolute atomic E-state index is 0.0627. The number of carbonyl (C=O) groups is 1. The van der Waals surface area contributed by atoms with Gasteiger partial charge in [0.25, 0.3) is 10.9 Å². The van der Waals surface area contributed by atoms with Crippen LogP contribution in [0.5, 0.6) is 0 Å². The molecule has 1 amide bonds. The molecule has 7 nitrogen and oxygen atoms in total. The number of nitrogens with one attached hydrogen (secondary N) is 1. The Kier molecular flexibility index (Phi) is 4.62. The zero-order chi connectivity index (χ0) is 17.3. The molecule has 1 saturated heterocycles. The number of hydrogen-bond acceptors (Lipinski definition) is 6. The molecule has 1 aromatic rings. The molecule has 1 N–H and O–H groups in total. The van der Waals surface area contributed by atoms with Gasteiger partial charge in [-0.05, 0) is 26.9 Å². The molecule has 0 atom stereocenters. The predicted octanol–water partition coefficient (Wildman–Crippen LogP) is -0.153. The normalized spacial score (nSPS) is 20.8. The van der Waals surface area contributed by atoms with Gasteiger partial charge in [-0.2, -0.15) is 0 Å². The largest absolute Gasteiger partial charge is 0.378 e. The highest BCUT2D eigenvalue weighted by molar-refractivity contribution is 5.75. The van der Waals surface area contributed by atoms with E-state index >= 15 is 0 Å². The molecular weight excluding hydrogens is 308 g/mol. The topological polar surface area (TPSA) is 73.0 Å². The number of hydrogen-bond donors (Lipinski definition) is 1. The van der Waals surface area contributed by atoms with Crippen LogP contribution < -0.4 is 21.1 Å². The lowest BCUT2D eigenvalue weighted by molar-refractivity contribution is -0.118. The van der Waals surface area contributed by atoms with Gasteiger partial charge >= 0.3 is 0 Å². The summed E-state index contributed by atoms with van der Waals surface area (Å²) >= 11 is 0. The monoisotopic (exact) mass is 334 g/mol. The van der Waals surface area contributed by atoms with E-state index in [1.165, 1.54) is 12.8 Å². The van der Waals surface area contributed by atoms with Crippen molar-refractivity contribution in [3.8, 4) is 0 Å². The van der Waals surface area contributed by atoms with E-state index in [0.29, 0.717) is 44.1 Å². The van der Waals surface area contributed by atoms with Gasteiger partial charge in [-0.3, -0.25) is 14.4 Å². The van der Waals surface area contributed by atoms with Crippen molar-refractivity contribution in [2.24, 2.45) is 0 Å². The Morgan fingerprint density at radius 3 is 2.25 bits per heavy atom. The summed E-state index contributed by atoms with van der Waals surface area (Å²) in [7, 11) is 4.16. The third kappa shape index (κ3) is 2.81. The van der Waals surface area contributed by atoms with Gasteiger partial charge in [-0.15, -0.1) is 0 Å². The number of likely N-dealkylation sites (N-methyl/N-ethyl adjacent to an activating group) is 1. The average molecular weight is 334 g/mol. The lowest BCUT2D eigenvalue weighted by Gasteiger charge is -2.38. The third-order valence-corrected chi connectivity index (χ3v) is 5.74. The van der Waals surface area contributed by atoms with E-state index in [0.717, 1.165) is 19.3 Å². The zero-order valence-electron chi connectivity index (χ0n) is 14.5. The van der Waals surface area contributed by atoms with Crippen molar-refractivity contribution in [3.63, 3.8) is 0 Å². The van der Waals surface area contributed by atoms with Crippen LogP contribution in [0.2, 0.25) is 0 Å². The molecule has 0 radical (unpaired) electrons. The van der Waals surface area contributed by atoms with E-state index in [-0.39, 0.29) is 5.54 Å². The molecule has 0 bridgehead atoms. The van der Waals surface area contributed by atoms with E-state index in [9.17, 15) is 14.4 Å². The molecule has 0 aromatic heterocycles. The second kappa shape index (κ2) is 6.55. The van der Waals surface area contributed by atoms with E-state index < -0.39 is 10.9 Å². The van der Waals surface area contributed by atoms with Gasteiger partial charge in [0.05, 0.1) is 0 Å². The summed E-state index contributed by atoms with van der Waals surface area (Å²) in [5.41, 5.74) is 0.231. The number of piperazine rings is 1. The second-order valence-electron chi connectivity index (χ2n) is 7.19. The summed E-state index contributed by atoms with van der Waals surface area (Å²) in [4.78, 5) is 40.8. The molecular formula is C17H26N4O3. The molecule has 24 heavy (non-hydrogen) atoms. The maximum atomic E-state index is 12.0. The molecule has 132 valence electrons. The molecule has 1 aromatic carbocycles. The second-order valence-corrected chi connectivity index (χ2v) is 7.19. The highest BCUT2D eigenvalue weighted by Gasteiger charge is 2.37. The first-order chi connectivity index (χ1) is 11.5. The Balaban J connectivity index is 1.71. The fourth-order valence-electron chi connectivity index (χ4n) is 3.96. The van der Waals surface area contributed by atoms with Gasteiger partial charge in [-0.25, -0.2) is 0 Å². The minimum Gasteiger partial charge on any atom is -0.378 e. The van der Waals surface area contributed by atoms with Crippen LogP contribution >= 0.6 is 0 Å². The van der Waals surface area contributed by atoms with E-state index in [1.807, 2.05) is 4.90 Å². The number of carbonyl (C=O) groups excluding carboxylic acids is 1. The van der Waals surface area contributed by atoms with Crippen LogP contribution in [0.1, 0.15) is 25.7 Å². The molecule has 2 fully saturated rings. The van der Waals surface area contributed by atoms with Crippen molar-refractivity contribution in [1.29, 1.82) is 0 Å². The molecule has 1 aliphatic carbocycles. The number of amides is 1. The first-order valence-electron chi connectivity index (χ1n) is 8.67. The average Bonchev–Trinajstić information content (AvgIpc) is 3.08. The summed E-state index contributed by atoms with van der Waals surface area (Å²) < 4.78 is 0. The van der Waals surface area contributed by atoms with E-state index in [4.69, 9.17) is 0 Å². The van der Waals surface area contributed by atoms with Crippen LogP contribution in [0.25, 0.3) is 0 Å². The fraction of sp³-hybridized carbons (Fsp3) is 0.706. The van der Waals surface area contributed by atoms with Crippen LogP contribution in [0.15, 0.2) is 9.59 Å². The number of rotatable bonds is 6. The highest BCUT2D eigenvalue weighted by atomic mass is 16.2. The first kappa shape index (κ1) is 17.0. The highest BCUT2D eigenvalue weighted by Crippen LogP contribution is 2.34. The predicted molar refractivity (Wildman–Crippen MR) is 94.6 cm³/mol. The summed E-state index contributed by atoms with van der Waals surface area (Å²) in [6.45, 7) is 3.05. The Morgan fingerprint density at radius 2 is 1.71 bits per heavy atom. The van der Waals surface area contributed by atoms with Crippen LogP contribution in [-0.4, -0.2) is 68.6 Å². The first-order valence-corrected chi connectivity index (χ1v) is 8.67. The summed E-state index contributed by atoms with van der Waals surface area (Å²) in [5.74, 6) is 0. The van der Waals surface area contributed by atoms with Crippen molar-refractivity contribution in [2.75, 3.05) is 57.0 Å². The van der Waals surface area contributed by atoms with Gasteiger partial charge < -0.3 is 20.0 Å². The SMILES string of the molecule is CN(C)C1(CNc2c(N3CCN(C=O)CC3)c(=O)c2=O)CCCC1. The number of anilines is 2. The minimum atomic E-state index is -0.408. The van der Waals surface area contributed by atoms with E-state index in [1.54, 1.807) is 4.90 Å². The van der Waals surface area contributed by atoms with Gasteiger partial charge in [-0.1, -0.05) is 12.8 Å². The molecule has 0 spiro atoms. The lowest BCUT2D eigenvalue weighted by Crippen LogP contribution is -2.52. The Labute approximate surface area is 141 Å². The maximum absolute atomic E-state index is 12.0. The van der Waals surface area contributed by atoms with Crippen LogP contribution in [0.3, 0.4) is 0 Å². The summed E-state index contributed by atoms with van der Waals surface area (Å²) in [6, 6.07) is 0. The van der Waals surface area contributed by atoms with Crippen molar-refractivity contribution >= 4 is 17.8 Å². The molecule has 0 unspecified atom stereocenters. The molecule has 1 heterocycles.